The molecular weight excluding hydrogens is 270 g/mol. The standard InChI is InChI=1S/C12H22BrNS/c1-14(11-4-7-15-8-11)10-12(9-13)5-2-3-6-12/h11H,2-10H2,1H3. The van der Waals surface area contributed by atoms with Crippen molar-refractivity contribution in [2.75, 3.05) is 30.4 Å². The summed E-state index contributed by atoms with van der Waals surface area (Å²) in [5.41, 5.74) is 0.599. The summed E-state index contributed by atoms with van der Waals surface area (Å²) in [5, 5.41) is 1.20. The molecular formula is C12H22BrNS. The fraction of sp³-hybridized carbons (Fsp3) is 1.00. The maximum absolute atomic E-state index is 3.74. The van der Waals surface area contributed by atoms with Crippen LogP contribution in [0.25, 0.3) is 0 Å². The highest BCUT2D eigenvalue weighted by atomic mass is 79.9. The Morgan fingerprint density at radius 2 is 2.13 bits per heavy atom. The van der Waals surface area contributed by atoms with Crippen LogP contribution < -0.4 is 0 Å². The first-order valence-corrected chi connectivity index (χ1v) is 8.37. The molecule has 0 N–H and O–H groups in total. The van der Waals surface area contributed by atoms with Crippen molar-refractivity contribution in [1.82, 2.24) is 4.90 Å². The van der Waals surface area contributed by atoms with Gasteiger partial charge in [-0.2, -0.15) is 11.8 Å². The first kappa shape index (κ1) is 12.3. The number of halogens is 1. The Balaban J connectivity index is 1.88. The summed E-state index contributed by atoms with van der Waals surface area (Å²) >= 11 is 5.86. The summed E-state index contributed by atoms with van der Waals surface area (Å²) in [5.74, 6) is 2.73. The fourth-order valence-corrected chi connectivity index (χ4v) is 5.02. The van der Waals surface area contributed by atoms with E-state index in [2.05, 4.69) is 39.6 Å². The zero-order chi connectivity index (χ0) is 10.7. The van der Waals surface area contributed by atoms with Gasteiger partial charge in [0.25, 0.3) is 0 Å². The lowest BCUT2D eigenvalue weighted by Crippen LogP contribution is -2.41. The van der Waals surface area contributed by atoms with Crippen LogP contribution in [0.5, 0.6) is 0 Å². The molecule has 2 rings (SSSR count). The summed E-state index contributed by atoms with van der Waals surface area (Å²) in [4.78, 5) is 2.63. The van der Waals surface area contributed by atoms with Crippen LogP contribution in [0.15, 0.2) is 0 Å². The van der Waals surface area contributed by atoms with Crippen LogP contribution in [0.4, 0.5) is 0 Å². The van der Waals surface area contributed by atoms with E-state index < -0.39 is 0 Å². The van der Waals surface area contributed by atoms with E-state index in [1.807, 2.05) is 0 Å². The second-order valence-electron chi connectivity index (χ2n) is 5.27. The van der Waals surface area contributed by atoms with Gasteiger partial charge in [-0.1, -0.05) is 28.8 Å². The van der Waals surface area contributed by atoms with E-state index in [0.29, 0.717) is 5.41 Å². The minimum Gasteiger partial charge on any atom is -0.302 e. The molecule has 0 spiro atoms. The third-order valence-electron chi connectivity index (χ3n) is 4.06. The molecule has 0 aromatic heterocycles. The van der Waals surface area contributed by atoms with Crippen molar-refractivity contribution in [2.24, 2.45) is 5.41 Å². The second kappa shape index (κ2) is 5.42. The van der Waals surface area contributed by atoms with Gasteiger partial charge in [-0.25, -0.2) is 0 Å². The molecule has 1 nitrogen and oxygen atoms in total. The van der Waals surface area contributed by atoms with E-state index in [9.17, 15) is 0 Å². The largest absolute Gasteiger partial charge is 0.302 e. The normalized spacial score (nSPS) is 30.2. The smallest absolute Gasteiger partial charge is 0.0191 e. The Morgan fingerprint density at radius 3 is 2.67 bits per heavy atom. The first-order chi connectivity index (χ1) is 7.26. The number of hydrogen-bond acceptors (Lipinski definition) is 2. The average Bonchev–Trinajstić information content (AvgIpc) is 2.88. The third-order valence-corrected chi connectivity index (χ3v) is 6.40. The second-order valence-corrected chi connectivity index (χ2v) is 6.98. The molecule has 0 amide bonds. The van der Waals surface area contributed by atoms with Crippen molar-refractivity contribution in [1.29, 1.82) is 0 Å². The molecule has 1 aliphatic heterocycles. The molecule has 1 unspecified atom stereocenters. The Labute approximate surface area is 106 Å². The average molecular weight is 292 g/mol. The first-order valence-electron chi connectivity index (χ1n) is 6.10. The van der Waals surface area contributed by atoms with Gasteiger partial charge in [-0.3, -0.25) is 0 Å². The fourth-order valence-electron chi connectivity index (χ4n) is 2.99. The van der Waals surface area contributed by atoms with Gasteiger partial charge in [0.15, 0.2) is 0 Å². The molecule has 1 atom stereocenters. The van der Waals surface area contributed by atoms with Gasteiger partial charge in [0.2, 0.25) is 0 Å². The molecule has 2 fully saturated rings. The Bertz CT molecular complexity index is 198. The third kappa shape index (κ3) is 2.92. The lowest BCUT2D eigenvalue weighted by molar-refractivity contribution is 0.166. The maximum Gasteiger partial charge on any atom is 0.0191 e. The van der Waals surface area contributed by atoms with E-state index in [4.69, 9.17) is 0 Å². The molecule has 0 aromatic carbocycles. The number of nitrogens with zero attached hydrogens (tertiary/aromatic N) is 1. The van der Waals surface area contributed by atoms with Crippen LogP contribution in [0.1, 0.15) is 32.1 Å². The minimum atomic E-state index is 0.599. The summed E-state index contributed by atoms with van der Waals surface area (Å²) in [6.45, 7) is 1.31. The molecule has 0 aromatic rings. The number of thioether (sulfide) groups is 1. The van der Waals surface area contributed by atoms with Crippen molar-refractivity contribution < 1.29 is 0 Å². The molecule has 2 aliphatic rings. The van der Waals surface area contributed by atoms with Gasteiger partial charge in [0.05, 0.1) is 0 Å². The van der Waals surface area contributed by atoms with Gasteiger partial charge in [0, 0.05) is 23.7 Å². The van der Waals surface area contributed by atoms with E-state index in [1.54, 1.807) is 0 Å². The molecule has 1 aliphatic carbocycles. The van der Waals surface area contributed by atoms with Crippen molar-refractivity contribution in [3.05, 3.63) is 0 Å². The molecule has 0 bridgehead atoms. The monoisotopic (exact) mass is 291 g/mol. The van der Waals surface area contributed by atoms with Crippen LogP contribution in [-0.2, 0) is 0 Å². The van der Waals surface area contributed by atoms with Crippen molar-refractivity contribution in [3.63, 3.8) is 0 Å². The molecule has 88 valence electrons. The van der Waals surface area contributed by atoms with Crippen molar-refractivity contribution in [3.8, 4) is 0 Å². The number of hydrogen-bond donors (Lipinski definition) is 0. The van der Waals surface area contributed by atoms with Crippen LogP contribution in [-0.4, -0.2) is 41.4 Å². The number of rotatable bonds is 4. The molecule has 0 radical (unpaired) electrons. The van der Waals surface area contributed by atoms with Gasteiger partial charge in [0.1, 0.15) is 0 Å². The van der Waals surface area contributed by atoms with Crippen LogP contribution in [0, 0.1) is 5.41 Å². The number of alkyl halides is 1. The van der Waals surface area contributed by atoms with Gasteiger partial charge in [-0.15, -0.1) is 0 Å². The van der Waals surface area contributed by atoms with E-state index in [0.717, 1.165) is 6.04 Å². The highest BCUT2D eigenvalue weighted by molar-refractivity contribution is 9.09. The maximum atomic E-state index is 3.74. The van der Waals surface area contributed by atoms with Gasteiger partial charge in [-0.05, 0) is 37.5 Å². The zero-order valence-electron chi connectivity index (χ0n) is 9.67. The SMILES string of the molecule is CN(CC1(CBr)CCCC1)C1CCSC1. The van der Waals surface area contributed by atoms with Gasteiger partial charge < -0.3 is 4.90 Å². The Kier molecular flexibility index (Phi) is 4.42. The van der Waals surface area contributed by atoms with E-state index in [1.165, 1.54) is 55.5 Å². The molecule has 3 heteroatoms. The predicted octanol–water partition coefficient (Wildman–Crippen LogP) is 3.38. The molecule has 1 saturated carbocycles. The van der Waals surface area contributed by atoms with Crippen LogP contribution >= 0.6 is 27.7 Å². The quantitative estimate of drug-likeness (QED) is 0.731. The van der Waals surface area contributed by atoms with Crippen LogP contribution in [0.2, 0.25) is 0 Å². The van der Waals surface area contributed by atoms with E-state index >= 15 is 0 Å². The summed E-state index contributed by atoms with van der Waals surface area (Å²) in [6, 6.07) is 0.853. The molecule has 15 heavy (non-hydrogen) atoms. The van der Waals surface area contributed by atoms with Crippen molar-refractivity contribution >= 4 is 27.7 Å². The van der Waals surface area contributed by atoms with Crippen molar-refractivity contribution in [2.45, 2.75) is 38.1 Å². The summed E-state index contributed by atoms with van der Waals surface area (Å²) in [7, 11) is 2.33. The zero-order valence-corrected chi connectivity index (χ0v) is 12.1. The Morgan fingerprint density at radius 1 is 1.40 bits per heavy atom. The molecule has 1 heterocycles. The predicted molar refractivity (Wildman–Crippen MR) is 73.1 cm³/mol. The minimum absolute atomic E-state index is 0.599. The summed E-state index contributed by atoms with van der Waals surface area (Å²) in [6.07, 6.45) is 7.15. The Hall–Kier alpha value is 0.790. The lowest BCUT2D eigenvalue weighted by atomic mass is 9.88. The highest BCUT2D eigenvalue weighted by Gasteiger charge is 2.35. The lowest BCUT2D eigenvalue weighted by Gasteiger charge is -2.34. The van der Waals surface area contributed by atoms with E-state index in [-0.39, 0.29) is 0 Å². The topological polar surface area (TPSA) is 3.24 Å². The van der Waals surface area contributed by atoms with Gasteiger partial charge >= 0.3 is 0 Å². The summed E-state index contributed by atoms with van der Waals surface area (Å²) < 4.78 is 0. The van der Waals surface area contributed by atoms with Crippen LogP contribution in [0.3, 0.4) is 0 Å². The highest BCUT2D eigenvalue weighted by Crippen LogP contribution is 2.40. The molecule has 1 saturated heterocycles.